The molecule has 0 N–H and O–H groups in total. The number of rotatable bonds is 2. The molecule has 0 unspecified atom stereocenters. The molecule has 1 nitrogen and oxygen atoms in total. The monoisotopic (exact) mass is 287 g/mol. The van der Waals surface area contributed by atoms with Gasteiger partial charge >= 0.3 is 6.18 Å². The minimum atomic E-state index is -4.34. The van der Waals surface area contributed by atoms with Crippen LogP contribution in [0.25, 0.3) is 10.9 Å². The molecule has 0 aliphatic rings. The molecule has 2 aromatic carbocycles. The van der Waals surface area contributed by atoms with Crippen LogP contribution in [-0.4, -0.2) is 4.98 Å². The normalized spacial score (nSPS) is 11.8. The lowest BCUT2D eigenvalue weighted by molar-refractivity contribution is -0.138. The molecule has 0 amide bonds. The first-order chi connectivity index (χ1) is 10.0. The number of nitrogens with zero attached hydrogens (tertiary/aromatic N) is 1. The standard InChI is InChI=1S/C17H12F3N/c18-17(19,20)15-7-3-1-6-13(15)11-14-10-9-12-5-2-4-8-16(12)21-14/h1-10H,11H2. The Kier molecular flexibility index (Phi) is 3.37. The lowest BCUT2D eigenvalue weighted by atomic mass is 10.0. The number of pyridine rings is 1. The zero-order chi connectivity index (χ0) is 14.9. The first kappa shape index (κ1) is 13.6. The highest BCUT2D eigenvalue weighted by Crippen LogP contribution is 2.32. The van der Waals surface area contributed by atoms with Crippen LogP contribution in [0.15, 0.2) is 60.7 Å². The number of hydrogen-bond acceptors (Lipinski definition) is 1. The maximum absolute atomic E-state index is 13.0. The van der Waals surface area contributed by atoms with E-state index in [1.54, 1.807) is 12.1 Å². The Hall–Kier alpha value is -2.36. The van der Waals surface area contributed by atoms with Crippen molar-refractivity contribution in [1.29, 1.82) is 0 Å². The maximum atomic E-state index is 13.0. The summed E-state index contributed by atoms with van der Waals surface area (Å²) in [6.07, 6.45) is -4.17. The fourth-order valence-electron chi connectivity index (χ4n) is 2.35. The molecule has 1 heterocycles. The summed E-state index contributed by atoms with van der Waals surface area (Å²) < 4.78 is 39.0. The average molecular weight is 287 g/mol. The second-order valence-electron chi connectivity index (χ2n) is 4.83. The summed E-state index contributed by atoms with van der Waals surface area (Å²) in [5, 5.41) is 0.977. The molecular formula is C17H12F3N. The third kappa shape index (κ3) is 2.89. The highest BCUT2D eigenvalue weighted by molar-refractivity contribution is 5.78. The highest BCUT2D eigenvalue weighted by Gasteiger charge is 2.32. The van der Waals surface area contributed by atoms with E-state index in [2.05, 4.69) is 4.98 Å². The third-order valence-corrected chi connectivity index (χ3v) is 3.35. The molecule has 0 saturated heterocycles. The van der Waals surface area contributed by atoms with E-state index in [1.165, 1.54) is 12.1 Å². The van der Waals surface area contributed by atoms with E-state index in [9.17, 15) is 13.2 Å². The Morgan fingerprint density at radius 1 is 0.810 bits per heavy atom. The van der Waals surface area contributed by atoms with Crippen LogP contribution in [0.5, 0.6) is 0 Å². The lowest BCUT2D eigenvalue weighted by Crippen LogP contribution is -2.09. The van der Waals surface area contributed by atoms with Crippen LogP contribution in [0.4, 0.5) is 13.2 Å². The number of alkyl halides is 3. The molecule has 0 fully saturated rings. The number of fused-ring (bicyclic) bond motifs is 1. The van der Waals surface area contributed by atoms with Gasteiger partial charge in [0.1, 0.15) is 0 Å². The minimum absolute atomic E-state index is 0.167. The van der Waals surface area contributed by atoms with E-state index in [1.807, 2.05) is 30.3 Å². The van der Waals surface area contributed by atoms with Crippen molar-refractivity contribution < 1.29 is 13.2 Å². The summed E-state index contributed by atoms with van der Waals surface area (Å²) in [7, 11) is 0. The third-order valence-electron chi connectivity index (χ3n) is 3.35. The zero-order valence-electron chi connectivity index (χ0n) is 11.1. The number of aromatic nitrogens is 1. The topological polar surface area (TPSA) is 12.9 Å². The largest absolute Gasteiger partial charge is 0.416 e. The van der Waals surface area contributed by atoms with Crippen LogP contribution in [0.2, 0.25) is 0 Å². The lowest BCUT2D eigenvalue weighted by Gasteiger charge is -2.12. The van der Waals surface area contributed by atoms with Crippen LogP contribution < -0.4 is 0 Å². The van der Waals surface area contributed by atoms with Gasteiger partial charge in [-0.1, -0.05) is 42.5 Å². The van der Waals surface area contributed by atoms with E-state index >= 15 is 0 Å². The van der Waals surface area contributed by atoms with E-state index in [0.29, 0.717) is 5.69 Å². The van der Waals surface area contributed by atoms with E-state index in [0.717, 1.165) is 17.0 Å². The Bertz CT molecular complexity index is 778. The van der Waals surface area contributed by atoms with Crippen molar-refractivity contribution in [3.63, 3.8) is 0 Å². The second kappa shape index (κ2) is 5.20. The molecule has 21 heavy (non-hydrogen) atoms. The Balaban J connectivity index is 1.99. The maximum Gasteiger partial charge on any atom is 0.416 e. The molecule has 0 radical (unpaired) electrons. The summed E-state index contributed by atoms with van der Waals surface area (Å²) in [4.78, 5) is 4.43. The molecule has 0 aliphatic carbocycles. The number of para-hydroxylation sites is 1. The van der Waals surface area contributed by atoms with Gasteiger partial charge in [0.25, 0.3) is 0 Å². The van der Waals surface area contributed by atoms with Crippen molar-refractivity contribution in [3.8, 4) is 0 Å². The Morgan fingerprint density at radius 2 is 1.52 bits per heavy atom. The van der Waals surface area contributed by atoms with E-state index in [4.69, 9.17) is 0 Å². The van der Waals surface area contributed by atoms with Crippen molar-refractivity contribution in [2.45, 2.75) is 12.6 Å². The Labute approximate surface area is 120 Å². The molecule has 3 rings (SSSR count). The summed E-state index contributed by atoms with van der Waals surface area (Å²) in [6.45, 7) is 0. The first-order valence-electron chi connectivity index (χ1n) is 6.54. The second-order valence-corrected chi connectivity index (χ2v) is 4.83. The van der Waals surface area contributed by atoms with Crippen molar-refractivity contribution in [2.75, 3.05) is 0 Å². The average Bonchev–Trinajstić information content (AvgIpc) is 2.46. The smallest absolute Gasteiger partial charge is 0.252 e. The quantitative estimate of drug-likeness (QED) is 0.657. The molecule has 1 aromatic heterocycles. The van der Waals surface area contributed by atoms with Gasteiger partial charge in [-0.05, 0) is 23.8 Å². The summed E-state index contributed by atoms with van der Waals surface area (Å²) in [5.74, 6) is 0. The molecule has 0 saturated carbocycles. The van der Waals surface area contributed by atoms with Gasteiger partial charge in [-0.25, -0.2) is 0 Å². The summed E-state index contributed by atoms with van der Waals surface area (Å²) in [6, 6.07) is 16.8. The zero-order valence-corrected chi connectivity index (χ0v) is 11.1. The van der Waals surface area contributed by atoms with E-state index in [-0.39, 0.29) is 12.0 Å². The number of hydrogen-bond donors (Lipinski definition) is 0. The summed E-state index contributed by atoms with van der Waals surface area (Å²) in [5.41, 5.74) is 1.07. The fourth-order valence-corrected chi connectivity index (χ4v) is 2.35. The van der Waals surface area contributed by atoms with Gasteiger partial charge in [-0.3, -0.25) is 4.98 Å². The van der Waals surface area contributed by atoms with Gasteiger partial charge in [-0.2, -0.15) is 13.2 Å². The SMILES string of the molecule is FC(F)(F)c1ccccc1Cc1ccc2ccccc2n1. The van der Waals surface area contributed by atoms with Crippen LogP contribution in [-0.2, 0) is 12.6 Å². The molecule has 0 aliphatic heterocycles. The number of halogens is 3. The molecule has 106 valence electrons. The van der Waals surface area contributed by atoms with E-state index < -0.39 is 11.7 Å². The molecule has 4 heteroatoms. The van der Waals surface area contributed by atoms with Crippen molar-refractivity contribution >= 4 is 10.9 Å². The Morgan fingerprint density at radius 3 is 2.33 bits per heavy atom. The van der Waals surface area contributed by atoms with Gasteiger partial charge in [0.15, 0.2) is 0 Å². The van der Waals surface area contributed by atoms with Crippen molar-refractivity contribution in [2.24, 2.45) is 0 Å². The first-order valence-corrected chi connectivity index (χ1v) is 6.54. The van der Waals surface area contributed by atoms with Gasteiger partial charge in [-0.15, -0.1) is 0 Å². The predicted molar refractivity (Wildman–Crippen MR) is 76.0 cm³/mol. The van der Waals surface area contributed by atoms with Gasteiger partial charge in [0.05, 0.1) is 11.1 Å². The predicted octanol–water partition coefficient (Wildman–Crippen LogP) is 4.84. The molecule has 3 aromatic rings. The van der Waals surface area contributed by atoms with Gasteiger partial charge in [0, 0.05) is 17.5 Å². The summed E-state index contributed by atoms with van der Waals surface area (Å²) >= 11 is 0. The van der Waals surface area contributed by atoms with Crippen molar-refractivity contribution in [1.82, 2.24) is 4.98 Å². The fraction of sp³-hybridized carbons (Fsp3) is 0.118. The minimum Gasteiger partial charge on any atom is -0.252 e. The molecule has 0 atom stereocenters. The van der Waals surface area contributed by atoms with Crippen LogP contribution >= 0.6 is 0 Å². The van der Waals surface area contributed by atoms with Crippen LogP contribution in [0, 0.1) is 0 Å². The number of benzene rings is 2. The molecule has 0 bridgehead atoms. The van der Waals surface area contributed by atoms with Gasteiger partial charge in [0.2, 0.25) is 0 Å². The van der Waals surface area contributed by atoms with Crippen molar-refractivity contribution in [3.05, 3.63) is 77.5 Å². The van der Waals surface area contributed by atoms with Crippen LogP contribution in [0.1, 0.15) is 16.8 Å². The molecule has 0 spiro atoms. The molecular weight excluding hydrogens is 275 g/mol. The van der Waals surface area contributed by atoms with Crippen LogP contribution in [0.3, 0.4) is 0 Å². The highest BCUT2D eigenvalue weighted by atomic mass is 19.4. The van der Waals surface area contributed by atoms with Gasteiger partial charge < -0.3 is 0 Å².